The number of amides is 1. The lowest BCUT2D eigenvalue weighted by Crippen LogP contribution is -2.29. The molecule has 5 heteroatoms. The summed E-state index contributed by atoms with van der Waals surface area (Å²) in [5.74, 6) is -0.0168. The van der Waals surface area contributed by atoms with Gasteiger partial charge in [0.2, 0.25) is 0 Å². The summed E-state index contributed by atoms with van der Waals surface area (Å²) in [5.41, 5.74) is 0.0893. The average molecular weight is 288 g/mol. The zero-order chi connectivity index (χ0) is 14.8. The summed E-state index contributed by atoms with van der Waals surface area (Å²) in [6.45, 7) is 0. The van der Waals surface area contributed by atoms with Gasteiger partial charge in [0.25, 0.3) is 5.91 Å². The van der Waals surface area contributed by atoms with Crippen LogP contribution in [0.3, 0.4) is 0 Å². The molecule has 2 fully saturated rings. The molecule has 1 aromatic heterocycles. The third kappa shape index (κ3) is 3.23. The smallest absolute Gasteiger partial charge is 0.354 e. The molecule has 2 aliphatic rings. The summed E-state index contributed by atoms with van der Waals surface area (Å²) in [5, 5.41) is 11.9. The van der Waals surface area contributed by atoms with Gasteiger partial charge in [0.05, 0.1) is 0 Å². The lowest BCUT2D eigenvalue weighted by atomic mass is 9.85. The topological polar surface area (TPSA) is 79.3 Å². The van der Waals surface area contributed by atoms with E-state index in [1.807, 2.05) is 0 Å². The minimum Gasteiger partial charge on any atom is -0.477 e. The van der Waals surface area contributed by atoms with Crippen molar-refractivity contribution < 1.29 is 14.7 Å². The summed E-state index contributed by atoms with van der Waals surface area (Å²) in [4.78, 5) is 26.9. The monoisotopic (exact) mass is 288 g/mol. The Hall–Kier alpha value is -1.91. The largest absolute Gasteiger partial charge is 0.477 e. The van der Waals surface area contributed by atoms with Crippen LogP contribution < -0.4 is 5.32 Å². The van der Waals surface area contributed by atoms with Gasteiger partial charge in [-0.1, -0.05) is 38.2 Å². The van der Waals surface area contributed by atoms with E-state index in [0.717, 1.165) is 12.3 Å². The second kappa shape index (κ2) is 5.84. The van der Waals surface area contributed by atoms with E-state index >= 15 is 0 Å². The van der Waals surface area contributed by atoms with Gasteiger partial charge < -0.3 is 10.4 Å². The molecule has 3 rings (SSSR count). The van der Waals surface area contributed by atoms with Crippen LogP contribution in [0.4, 0.5) is 0 Å². The Morgan fingerprint density at radius 3 is 2.57 bits per heavy atom. The van der Waals surface area contributed by atoms with Gasteiger partial charge in [0, 0.05) is 6.04 Å². The van der Waals surface area contributed by atoms with Crippen molar-refractivity contribution >= 4 is 11.9 Å². The first-order valence-corrected chi connectivity index (χ1v) is 7.66. The number of pyridine rings is 1. The fourth-order valence-corrected chi connectivity index (χ4v) is 3.39. The fraction of sp³-hybridized carbons (Fsp3) is 0.562. The summed E-state index contributed by atoms with van der Waals surface area (Å²) in [7, 11) is 0. The van der Waals surface area contributed by atoms with E-state index in [9.17, 15) is 9.59 Å². The molecular formula is C16H20N2O3. The highest BCUT2D eigenvalue weighted by atomic mass is 16.4. The minimum atomic E-state index is -1.11. The lowest BCUT2D eigenvalue weighted by molar-refractivity contribution is 0.0690. The molecule has 112 valence electrons. The molecule has 0 aromatic carbocycles. The number of carbonyl (C=O) groups excluding carboxylic acids is 1. The van der Waals surface area contributed by atoms with Crippen molar-refractivity contribution in [3.8, 4) is 0 Å². The van der Waals surface area contributed by atoms with E-state index in [1.54, 1.807) is 12.1 Å². The van der Waals surface area contributed by atoms with Crippen molar-refractivity contribution in [3.63, 3.8) is 0 Å². The van der Waals surface area contributed by atoms with Crippen molar-refractivity contribution in [1.29, 1.82) is 0 Å². The quantitative estimate of drug-likeness (QED) is 0.892. The van der Waals surface area contributed by atoms with Gasteiger partial charge >= 0.3 is 5.97 Å². The normalized spacial score (nSPS) is 25.3. The molecule has 0 spiro atoms. The first-order chi connectivity index (χ1) is 10.1. The summed E-state index contributed by atoms with van der Waals surface area (Å²) < 4.78 is 0. The van der Waals surface area contributed by atoms with E-state index in [1.165, 1.54) is 38.2 Å². The fourth-order valence-electron chi connectivity index (χ4n) is 3.39. The van der Waals surface area contributed by atoms with E-state index in [4.69, 9.17) is 5.11 Å². The van der Waals surface area contributed by atoms with Crippen LogP contribution in [0.1, 0.15) is 59.5 Å². The highest BCUT2D eigenvalue weighted by Crippen LogP contribution is 2.44. The van der Waals surface area contributed by atoms with Gasteiger partial charge in [0.15, 0.2) is 0 Å². The maximum Gasteiger partial charge on any atom is 0.354 e. The zero-order valence-electron chi connectivity index (χ0n) is 11.9. The molecular weight excluding hydrogens is 268 g/mol. The predicted octanol–water partition coefficient (Wildman–Crippen LogP) is 2.48. The Balaban J connectivity index is 1.57. The van der Waals surface area contributed by atoms with Gasteiger partial charge in [-0.05, 0) is 30.4 Å². The molecule has 0 radical (unpaired) electrons. The third-order valence-electron chi connectivity index (χ3n) is 4.61. The number of hydrogen-bond donors (Lipinski definition) is 2. The molecule has 0 saturated heterocycles. The van der Waals surface area contributed by atoms with Gasteiger partial charge in [-0.15, -0.1) is 0 Å². The predicted molar refractivity (Wildman–Crippen MR) is 77.1 cm³/mol. The molecule has 5 nitrogen and oxygen atoms in total. The van der Waals surface area contributed by atoms with Crippen molar-refractivity contribution in [2.45, 2.75) is 44.6 Å². The zero-order valence-corrected chi connectivity index (χ0v) is 11.9. The number of aromatic nitrogens is 1. The van der Waals surface area contributed by atoms with Gasteiger partial charge in [-0.2, -0.15) is 0 Å². The second-order valence-electron chi connectivity index (χ2n) is 6.09. The molecule has 0 aliphatic heterocycles. The first-order valence-electron chi connectivity index (χ1n) is 7.66. The van der Waals surface area contributed by atoms with Crippen LogP contribution >= 0.6 is 0 Å². The molecule has 2 aliphatic carbocycles. The van der Waals surface area contributed by atoms with Gasteiger partial charge in [-0.3, -0.25) is 4.79 Å². The summed E-state index contributed by atoms with van der Waals surface area (Å²) in [6, 6.07) is 4.74. The van der Waals surface area contributed by atoms with Crippen molar-refractivity contribution in [3.05, 3.63) is 29.6 Å². The standard InChI is InChI=1S/C16H20N2O3/c19-15(12-7-4-8-13(17-12)16(20)21)18-14-9-11(14)10-5-2-1-3-6-10/h4,7-8,10-11,14H,1-3,5-6,9H2,(H,18,19)(H,20,21). The number of rotatable bonds is 4. The van der Waals surface area contributed by atoms with Crippen LogP contribution in [0.2, 0.25) is 0 Å². The summed E-state index contributed by atoms with van der Waals surface area (Å²) >= 11 is 0. The molecule has 2 saturated carbocycles. The Morgan fingerprint density at radius 2 is 1.86 bits per heavy atom. The average Bonchev–Trinajstić information content (AvgIpc) is 3.27. The Kier molecular flexibility index (Phi) is 3.90. The molecule has 0 bridgehead atoms. The van der Waals surface area contributed by atoms with Gasteiger partial charge in [0.1, 0.15) is 11.4 Å². The van der Waals surface area contributed by atoms with Crippen LogP contribution in [0, 0.1) is 11.8 Å². The number of hydrogen-bond acceptors (Lipinski definition) is 3. The highest BCUT2D eigenvalue weighted by molar-refractivity contribution is 5.94. The number of carboxylic acids is 1. The van der Waals surface area contributed by atoms with Crippen molar-refractivity contribution in [2.24, 2.45) is 11.8 Å². The van der Waals surface area contributed by atoms with Gasteiger partial charge in [-0.25, -0.2) is 9.78 Å². The third-order valence-corrected chi connectivity index (χ3v) is 4.61. The molecule has 21 heavy (non-hydrogen) atoms. The molecule has 2 atom stereocenters. The number of carboxylic acid groups (broad SMARTS) is 1. The number of nitrogens with zero attached hydrogens (tertiary/aromatic N) is 1. The van der Waals surface area contributed by atoms with Crippen molar-refractivity contribution in [2.75, 3.05) is 0 Å². The van der Waals surface area contributed by atoms with E-state index in [-0.39, 0.29) is 23.3 Å². The van der Waals surface area contributed by atoms with E-state index < -0.39 is 5.97 Å². The molecule has 1 aromatic rings. The first kappa shape index (κ1) is 14.0. The van der Waals surface area contributed by atoms with Crippen molar-refractivity contribution in [1.82, 2.24) is 10.3 Å². The second-order valence-corrected chi connectivity index (χ2v) is 6.09. The molecule has 1 amide bonds. The maximum absolute atomic E-state index is 12.1. The molecule has 2 N–H and O–H groups in total. The number of carbonyl (C=O) groups is 2. The highest BCUT2D eigenvalue weighted by Gasteiger charge is 2.43. The molecule has 1 heterocycles. The van der Waals surface area contributed by atoms with Crippen LogP contribution in [-0.2, 0) is 0 Å². The number of aromatic carboxylic acids is 1. The molecule has 2 unspecified atom stereocenters. The lowest BCUT2D eigenvalue weighted by Gasteiger charge is -2.21. The van der Waals surface area contributed by atoms with Crippen LogP contribution in [0.5, 0.6) is 0 Å². The van der Waals surface area contributed by atoms with E-state index in [0.29, 0.717) is 5.92 Å². The van der Waals surface area contributed by atoms with Crippen LogP contribution in [0.25, 0.3) is 0 Å². The Morgan fingerprint density at radius 1 is 1.14 bits per heavy atom. The minimum absolute atomic E-state index is 0.0951. The summed E-state index contributed by atoms with van der Waals surface area (Å²) in [6.07, 6.45) is 7.57. The Labute approximate surface area is 123 Å². The Bertz CT molecular complexity index is 552. The maximum atomic E-state index is 12.1. The van der Waals surface area contributed by atoms with E-state index in [2.05, 4.69) is 10.3 Å². The van der Waals surface area contributed by atoms with Crippen LogP contribution in [-0.4, -0.2) is 28.0 Å². The van der Waals surface area contributed by atoms with Crippen LogP contribution in [0.15, 0.2) is 18.2 Å². The SMILES string of the molecule is O=C(O)c1cccc(C(=O)NC2CC2C2CCCCC2)n1. The number of nitrogens with one attached hydrogen (secondary N) is 1.